The van der Waals surface area contributed by atoms with E-state index in [-0.39, 0.29) is 17.7 Å². The van der Waals surface area contributed by atoms with Crippen LogP contribution in [0, 0.1) is 0 Å². The van der Waals surface area contributed by atoms with E-state index >= 15 is 0 Å². The second kappa shape index (κ2) is 8.44. The Kier molecular flexibility index (Phi) is 6.70. The third-order valence-corrected chi connectivity index (χ3v) is 9.98. The van der Waals surface area contributed by atoms with Crippen molar-refractivity contribution in [3.05, 3.63) is 35.9 Å². The van der Waals surface area contributed by atoms with E-state index in [0.717, 1.165) is 5.56 Å². The van der Waals surface area contributed by atoms with Gasteiger partial charge < -0.3 is 13.9 Å². The van der Waals surface area contributed by atoms with Gasteiger partial charge in [-0.1, -0.05) is 51.1 Å². The van der Waals surface area contributed by atoms with Gasteiger partial charge in [0.15, 0.2) is 8.32 Å². The van der Waals surface area contributed by atoms with E-state index in [1.807, 2.05) is 30.3 Å². The fraction of sp³-hybridized carbons (Fsp3) is 0.600. The third-order valence-electron chi connectivity index (χ3n) is 5.44. The molecule has 1 fully saturated rings. The van der Waals surface area contributed by atoms with Crippen LogP contribution in [0.5, 0.6) is 0 Å². The molecule has 2 rings (SSSR count). The lowest BCUT2D eigenvalue weighted by Crippen LogP contribution is -2.45. The molecule has 0 aliphatic carbocycles. The van der Waals surface area contributed by atoms with E-state index in [0.29, 0.717) is 13.0 Å². The summed E-state index contributed by atoms with van der Waals surface area (Å²) in [5.41, 5.74) is 0.897. The summed E-state index contributed by atoms with van der Waals surface area (Å²) in [7, 11) is -0.680. The maximum atomic E-state index is 12.6. The Hall–Kier alpha value is -1.86. The summed E-state index contributed by atoms with van der Waals surface area (Å²) < 4.78 is 16.7. The number of ether oxygens (including phenoxy) is 2. The first kappa shape index (κ1) is 21.4. The van der Waals surface area contributed by atoms with Crippen LogP contribution >= 0.6 is 0 Å². The van der Waals surface area contributed by atoms with Gasteiger partial charge in [-0.3, -0.25) is 4.90 Å². The molecule has 150 valence electrons. The molecule has 1 aliphatic rings. The lowest BCUT2D eigenvalue weighted by molar-refractivity contribution is -0.145. The number of methoxy groups -OCH3 is 1. The summed E-state index contributed by atoms with van der Waals surface area (Å²) in [5.74, 6) is -0.437. The molecule has 1 aliphatic heterocycles. The maximum Gasteiger partial charge on any atom is 0.410 e. The van der Waals surface area contributed by atoms with Crippen LogP contribution < -0.4 is 0 Å². The molecule has 0 spiro atoms. The molecule has 0 saturated carbocycles. The number of benzene rings is 1. The molecule has 1 saturated heterocycles. The van der Waals surface area contributed by atoms with Crippen LogP contribution in [0.2, 0.25) is 18.1 Å². The van der Waals surface area contributed by atoms with Crippen molar-refractivity contribution in [3.63, 3.8) is 0 Å². The van der Waals surface area contributed by atoms with Gasteiger partial charge in [0.25, 0.3) is 0 Å². The lowest BCUT2D eigenvalue weighted by Gasteiger charge is -2.38. The highest BCUT2D eigenvalue weighted by molar-refractivity contribution is 6.74. The highest BCUT2D eigenvalue weighted by Crippen LogP contribution is 2.39. The summed E-state index contributed by atoms with van der Waals surface area (Å²) in [6.07, 6.45) is -0.283. The first-order valence-corrected chi connectivity index (χ1v) is 12.2. The van der Waals surface area contributed by atoms with Gasteiger partial charge in [-0.05, 0) is 23.7 Å². The number of esters is 1. The highest BCUT2D eigenvalue weighted by atomic mass is 28.4. The SMILES string of the molecule is COC(=O)C1CC(O[Si](C)(C)C(C)(C)C)CN1C(=O)OCc1ccccc1. The molecule has 1 aromatic rings. The Labute approximate surface area is 162 Å². The summed E-state index contributed by atoms with van der Waals surface area (Å²) in [5, 5.41) is 0.0506. The van der Waals surface area contributed by atoms with Crippen LogP contribution in [0.1, 0.15) is 32.8 Å². The van der Waals surface area contributed by atoms with E-state index in [4.69, 9.17) is 13.9 Å². The van der Waals surface area contributed by atoms with Crippen LogP contribution in [-0.2, 0) is 25.3 Å². The average Bonchev–Trinajstić information content (AvgIpc) is 3.02. The Morgan fingerprint density at radius 1 is 1.19 bits per heavy atom. The third kappa shape index (κ3) is 5.32. The molecule has 27 heavy (non-hydrogen) atoms. The van der Waals surface area contributed by atoms with Crippen molar-refractivity contribution in [2.75, 3.05) is 13.7 Å². The molecule has 1 heterocycles. The highest BCUT2D eigenvalue weighted by Gasteiger charge is 2.46. The topological polar surface area (TPSA) is 65.1 Å². The molecule has 0 N–H and O–H groups in total. The van der Waals surface area contributed by atoms with Crippen molar-refractivity contribution in [1.29, 1.82) is 0 Å². The molecule has 0 radical (unpaired) electrons. The monoisotopic (exact) mass is 393 g/mol. The van der Waals surface area contributed by atoms with Crippen molar-refractivity contribution >= 4 is 20.4 Å². The van der Waals surface area contributed by atoms with Gasteiger partial charge in [-0.25, -0.2) is 9.59 Å². The smallest absolute Gasteiger partial charge is 0.410 e. The van der Waals surface area contributed by atoms with Crippen LogP contribution in [-0.4, -0.2) is 51.1 Å². The number of nitrogens with zero attached hydrogens (tertiary/aromatic N) is 1. The zero-order valence-corrected chi connectivity index (χ0v) is 18.2. The molecular weight excluding hydrogens is 362 g/mol. The van der Waals surface area contributed by atoms with Crippen molar-refractivity contribution in [3.8, 4) is 0 Å². The Morgan fingerprint density at radius 3 is 2.37 bits per heavy atom. The van der Waals surface area contributed by atoms with Gasteiger partial charge in [-0.15, -0.1) is 0 Å². The van der Waals surface area contributed by atoms with Crippen molar-refractivity contribution in [1.82, 2.24) is 4.90 Å². The Balaban J connectivity index is 2.06. The van der Waals surface area contributed by atoms with E-state index in [1.54, 1.807) is 0 Å². The Morgan fingerprint density at radius 2 is 1.81 bits per heavy atom. The molecular formula is C20H31NO5Si. The predicted octanol–water partition coefficient (Wildman–Crippen LogP) is 3.96. The zero-order chi connectivity index (χ0) is 20.2. The number of rotatable bonds is 5. The number of amides is 1. The van der Waals surface area contributed by atoms with Gasteiger partial charge in [0.05, 0.1) is 13.2 Å². The number of carbonyl (C=O) groups excluding carboxylic acids is 2. The molecule has 2 unspecified atom stereocenters. The maximum absolute atomic E-state index is 12.6. The Bertz CT molecular complexity index is 656. The molecule has 0 aromatic heterocycles. The fourth-order valence-electron chi connectivity index (χ4n) is 2.84. The van der Waals surface area contributed by atoms with Gasteiger partial charge in [0.2, 0.25) is 0 Å². The van der Waals surface area contributed by atoms with Gasteiger partial charge in [-0.2, -0.15) is 0 Å². The van der Waals surface area contributed by atoms with Gasteiger partial charge in [0, 0.05) is 13.0 Å². The first-order valence-electron chi connectivity index (χ1n) is 9.28. The minimum Gasteiger partial charge on any atom is -0.467 e. The van der Waals surface area contributed by atoms with Crippen LogP contribution in [0.4, 0.5) is 4.79 Å². The number of hydrogen-bond donors (Lipinski definition) is 0. The molecule has 2 atom stereocenters. The van der Waals surface area contributed by atoms with Crippen LogP contribution in [0.3, 0.4) is 0 Å². The average molecular weight is 394 g/mol. The first-order chi connectivity index (χ1) is 12.5. The number of carbonyl (C=O) groups is 2. The molecule has 1 aromatic carbocycles. The van der Waals surface area contributed by atoms with Crippen molar-refractivity contribution in [2.24, 2.45) is 0 Å². The molecule has 7 heteroatoms. The van der Waals surface area contributed by atoms with Crippen molar-refractivity contribution < 1.29 is 23.5 Å². The minimum absolute atomic E-state index is 0.0506. The second-order valence-electron chi connectivity index (χ2n) is 8.47. The van der Waals surface area contributed by atoms with E-state index in [1.165, 1.54) is 12.0 Å². The van der Waals surface area contributed by atoms with E-state index in [9.17, 15) is 9.59 Å². The number of likely N-dealkylation sites (tertiary alicyclic amines) is 1. The zero-order valence-electron chi connectivity index (χ0n) is 17.2. The molecule has 1 amide bonds. The minimum atomic E-state index is -2.01. The van der Waals surface area contributed by atoms with Gasteiger partial charge >= 0.3 is 12.1 Å². The second-order valence-corrected chi connectivity index (χ2v) is 13.2. The summed E-state index contributed by atoms with van der Waals surface area (Å²) >= 11 is 0. The summed E-state index contributed by atoms with van der Waals surface area (Å²) in [6.45, 7) is 11.3. The normalized spacial score (nSPS) is 20.4. The van der Waals surface area contributed by atoms with E-state index in [2.05, 4.69) is 33.9 Å². The quantitative estimate of drug-likeness (QED) is 0.560. The fourth-order valence-corrected chi connectivity index (χ4v) is 4.20. The molecule has 6 nitrogen and oxygen atoms in total. The van der Waals surface area contributed by atoms with Gasteiger partial charge in [0.1, 0.15) is 12.6 Å². The summed E-state index contributed by atoms with van der Waals surface area (Å²) in [4.78, 5) is 26.2. The largest absolute Gasteiger partial charge is 0.467 e. The molecule has 0 bridgehead atoms. The predicted molar refractivity (Wildman–Crippen MR) is 106 cm³/mol. The van der Waals surface area contributed by atoms with Crippen LogP contribution in [0.15, 0.2) is 30.3 Å². The van der Waals surface area contributed by atoms with Crippen LogP contribution in [0.25, 0.3) is 0 Å². The van der Waals surface area contributed by atoms with E-state index < -0.39 is 26.4 Å². The number of hydrogen-bond acceptors (Lipinski definition) is 5. The summed E-state index contributed by atoms with van der Waals surface area (Å²) in [6, 6.07) is 8.78. The lowest BCUT2D eigenvalue weighted by atomic mass is 10.2. The standard InChI is InChI=1S/C20H31NO5Si/c1-20(2,3)27(5,6)26-16-12-17(18(22)24-4)21(13-16)19(23)25-14-15-10-8-7-9-11-15/h7-11,16-17H,12-14H2,1-6H3. The van der Waals surface area contributed by atoms with Crippen molar-refractivity contribution in [2.45, 2.75) is 64.1 Å².